The minimum atomic E-state index is -3.20. The molecule has 3 aliphatic rings. The largest absolute Gasteiger partial charge is 0.492 e. The summed E-state index contributed by atoms with van der Waals surface area (Å²) < 4.78 is 64.0. The number of benzene rings is 3. The van der Waals surface area contributed by atoms with E-state index < -0.39 is 16.1 Å². The number of hydrogen-bond donors (Lipinski definition) is 0. The van der Waals surface area contributed by atoms with Crippen LogP contribution in [0.15, 0.2) is 42.5 Å². The molecule has 3 aromatic rings. The number of esters is 1. The van der Waals surface area contributed by atoms with E-state index in [9.17, 15) is 13.2 Å². The topological polar surface area (TPSA) is 91.4 Å². The molecular weight excluding hydrogens is 573 g/mol. The summed E-state index contributed by atoms with van der Waals surface area (Å²) >= 11 is 0. The van der Waals surface area contributed by atoms with Crippen LogP contribution in [0.5, 0.6) is 17.2 Å². The zero-order valence-electron chi connectivity index (χ0n) is 24.8. The predicted octanol–water partition coefficient (Wildman–Crippen LogP) is 5.63. The number of methoxy groups -OCH3 is 1. The maximum atomic E-state index is 15.4. The molecule has 0 aromatic heterocycles. The van der Waals surface area contributed by atoms with Gasteiger partial charge in [-0.3, -0.25) is 4.79 Å². The van der Waals surface area contributed by atoms with Crippen LogP contribution in [0.1, 0.15) is 59.1 Å². The van der Waals surface area contributed by atoms with Gasteiger partial charge in [0.25, 0.3) is 0 Å². The van der Waals surface area contributed by atoms with Crippen LogP contribution < -0.4 is 14.2 Å². The monoisotopic (exact) mass is 609 g/mol. The first-order chi connectivity index (χ1) is 20.5. The molecule has 1 aliphatic carbocycles. The van der Waals surface area contributed by atoms with E-state index in [2.05, 4.69) is 0 Å². The number of carbonyl (C=O) groups excluding carboxylic acids is 1. The Bertz CT molecular complexity index is 1670. The minimum Gasteiger partial charge on any atom is -0.492 e. The van der Waals surface area contributed by atoms with Crippen molar-refractivity contribution >= 4 is 16.0 Å². The van der Waals surface area contributed by atoms with E-state index in [1.165, 1.54) is 17.5 Å². The third-order valence-corrected chi connectivity index (χ3v) is 10.6. The van der Waals surface area contributed by atoms with Crippen LogP contribution in [0, 0.1) is 19.7 Å². The zero-order chi connectivity index (χ0) is 30.5. The van der Waals surface area contributed by atoms with Gasteiger partial charge in [-0.1, -0.05) is 12.1 Å². The first-order valence-electron chi connectivity index (χ1n) is 14.6. The lowest BCUT2D eigenvalue weighted by Gasteiger charge is -2.30. The van der Waals surface area contributed by atoms with Gasteiger partial charge >= 0.3 is 5.97 Å². The summed E-state index contributed by atoms with van der Waals surface area (Å²) in [6.07, 6.45) is 1.36. The highest BCUT2D eigenvalue weighted by molar-refractivity contribution is 7.89. The Morgan fingerprint density at radius 2 is 1.81 bits per heavy atom. The van der Waals surface area contributed by atoms with Gasteiger partial charge in [-0.25, -0.2) is 17.1 Å². The van der Waals surface area contributed by atoms with Gasteiger partial charge in [0, 0.05) is 36.6 Å². The summed E-state index contributed by atoms with van der Waals surface area (Å²) in [5.74, 6) is 1.41. The number of halogens is 1. The van der Waals surface area contributed by atoms with Crippen molar-refractivity contribution in [1.29, 1.82) is 0 Å². The molecule has 0 amide bonds. The van der Waals surface area contributed by atoms with E-state index in [1.54, 1.807) is 7.05 Å². The van der Waals surface area contributed by atoms with Crippen molar-refractivity contribution in [2.24, 2.45) is 0 Å². The molecule has 2 heterocycles. The normalized spacial score (nSPS) is 22.4. The van der Waals surface area contributed by atoms with Crippen LogP contribution in [0.25, 0.3) is 11.1 Å². The SMILES string of the molecule is COC(=O)CC1COc2cc(OC3CCc4c(-c5c(C)cc(OC6CCS(=O)(=O)N(C)C6)cc5C)ccc(F)c43)ccc21. The first-order valence-corrected chi connectivity index (χ1v) is 16.2. The standard InChI is InChI=1S/C33H36FNO7S/c1-19-13-24(41-23-11-12-43(37,38)35(3)17-23)14-20(2)32(19)26-7-9-28(34)33-27(26)8-10-29(33)42-22-5-6-25-21(15-31(36)39-4)18-40-30(25)16-22/h5-7,9,13-14,16,21,23,29H,8,10-12,15,17-18H2,1-4H3. The molecule has 1 saturated heterocycles. The Hall–Kier alpha value is -3.63. The average molecular weight is 610 g/mol. The highest BCUT2D eigenvalue weighted by atomic mass is 32.2. The molecule has 3 atom stereocenters. The summed E-state index contributed by atoms with van der Waals surface area (Å²) in [7, 11) is -0.242. The molecule has 0 N–H and O–H groups in total. The molecule has 43 heavy (non-hydrogen) atoms. The molecule has 228 valence electrons. The van der Waals surface area contributed by atoms with Gasteiger partial charge in [-0.2, -0.15) is 0 Å². The number of rotatable bonds is 7. The quantitative estimate of drug-likeness (QED) is 0.321. The van der Waals surface area contributed by atoms with E-state index >= 15 is 4.39 Å². The number of aryl methyl sites for hydroxylation is 2. The lowest BCUT2D eigenvalue weighted by molar-refractivity contribution is -0.141. The summed E-state index contributed by atoms with van der Waals surface area (Å²) in [5, 5.41) is 0. The van der Waals surface area contributed by atoms with Gasteiger partial charge in [-0.15, -0.1) is 0 Å². The highest BCUT2D eigenvalue weighted by Gasteiger charge is 2.33. The molecule has 2 aliphatic heterocycles. The van der Waals surface area contributed by atoms with Gasteiger partial charge in [-0.05, 0) is 78.8 Å². The van der Waals surface area contributed by atoms with Crippen molar-refractivity contribution in [3.05, 3.63) is 76.1 Å². The lowest BCUT2D eigenvalue weighted by atomic mass is 9.90. The van der Waals surface area contributed by atoms with Crippen molar-refractivity contribution < 1.29 is 36.6 Å². The number of nitrogens with zero attached hydrogens (tertiary/aromatic N) is 1. The van der Waals surface area contributed by atoms with Gasteiger partial charge in [0.05, 0.1) is 32.4 Å². The molecule has 3 aromatic carbocycles. The number of carbonyl (C=O) groups is 1. The van der Waals surface area contributed by atoms with Crippen molar-refractivity contribution in [3.8, 4) is 28.4 Å². The third-order valence-electron chi connectivity index (χ3n) is 8.78. The summed E-state index contributed by atoms with van der Waals surface area (Å²) in [6, 6.07) is 12.9. The average Bonchev–Trinajstić information content (AvgIpc) is 3.56. The van der Waals surface area contributed by atoms with Crippen molar-refractivity contribution in [3.63, 3.8) is 0 Å². The van der Waals surface area contributed by atoms with E-state index in [1.807, 2.05) is 50.2 Å². The second kappa shape index (κ2) is 11.5. The molecule has 8 nitrogen and oxygen atoms in total. The molecule has 0 radical (unpaired) electrons. The third kappa shape index (κ3) is 5.70. The van der Waals surface area contributed by atoms with E-state index in [-0.39, 0.29) is 36.0 Å². The Labute approximate surface area is 251 Å². The maximum Gasteiger partial charge on any atom is 0.306 e. The fourth-order valence-electron chi connectivity index (χ4n) is 6.61. The molecule has 0 bridgehead atoms. The molecule has 0 spiro atoms. The number of hydrogen-bond acceptors (Lipinski definition) is 7. The second-order valence-corrected chi connectivity index (χ2v) is 13.9. The fourth-order valence-corrected chi connectivity index (χ4v) is 7.87. The van der Waals surface area contributed by atoms with Gasteiger partial charge in [0.2, 0.25) is 10.0 Å². The smallest absolute Gasteiger partial charge is 0.306 e. The fraction of sp³-hybridized carbons (Fsp3) is 0.424. The summed E-state index contributed by atoms with van der Waals surface area (Å²) in [6.45, 7) is 4.76. The van der Waals surface area contributed by atoms with E-state index in [0.29, 0.717) is 55.2 Å². The van der Waals surface area contributed by atoms with Crippen LogP contribution in [0.3, 0.4) is 0 Å². The Morgan fingerprint density at radius 1 is 1.05 bits per heavy atom. The Morgan fingerprint density at radius 3 is 2.53 bits per heavy atom. The summed E-state index contributed by atoms with van der Waals surface area (Å²) in [4.78, 5) is 11.8. The highest BCUT2D eigenvalue weighted by Crippen LogP contribution is 2.45. The number of likely N-dealkylation sites (N-methyl/N-ethyl adjacent to an activating group) is 1. The first kappa shape index (κ1) is 29.4. The lowest BCUT2D eigenvalue weighted by Crippen LogP contribution is -2.44. The molecule has 3 unspecified atom stereocenters. The van der Waals surface area contributed by atoms with Crippen LogP contribution >= 0.6 is 0 Å². The van der Waals surface area contributed by atoms with Crippen LogP contribution in [0.4, 0.5) is 4.39 Å². The molecular formula is C33H36FNO7S. The molecule has 10 heteroatoms. The van der Waals surface area contributed by atoms with Crippen molar-refractivity contribution in [2.45, 2.75) is 57.7 Å². The van der Waals surface area contributed by atoms with E-state index in [0.717, 1.165) is 33.4 Å². The van der Waals surface area contributed by atoms with Gasteiger partial charge in [0.15, 0.2) is 0 Å². The van der Waals surface area contributed by atoms with Crippen LogP contribution in [-0.2, 0) is 26.0 Å². The second-order valence-electron chi connectivity index (χ2n) is 11.7. The summed E-state index contributed by atoms with van der Waals surface area (Å²) in [5.41, 5.74) is 6.49. The maximum absolute atomic E-state index is 15.4. The van der Waals surface area contributed by atoms with E-state index in [4.69, 9.17) is 18.9 Å². The van der Waals surface area contributed by atoms with Crippen molar-refractivity contribution in [2.75, 3.05) is 33.1 Å². The van der Waals surface area contributed by atoms with Gasteiger partial charge < -0.3 is 18.9 Å². The Balaban J connectivity index is 1.22. The molecule has 1 fully saturated rings. The van der Waals surface area contributed by atoms with Gasteiger partial charge in [0.1, 0.15) is 35.3 Å². The molecule has 0 saturated carbocycles. The molecule has 6 rings (SSSR count). The number of ether oxygens (including phenoxy) is 4. The van der Waals surface area contributed by atoms with Crippen LogP contribution in [0.2, 0.25) is 0 Å². The Kier molecular flexibility index (Phi) is 7.85. The van der Waals surface area contributed by atoms with Crippen LogP contribution in [-0.4, -0.2) is 57.9 Å². The number of fused-ring (bicyclic) bond motifs is 2. The predicted molar refractivity (Wildman–Crippen MR) is 160 cm³/mol. The zero-order valence-corrected chi connectivity index (χ0v) is 25.6. The minimum absolute atomic E-state index is 0.0628. The number of sulfonamides is 1. The van der Waals surface area contributed by atoms with Crippen molar-refractivity contribution in [1.82, 2.24) is 4.31 Å².